The molecule has 0 aliphatic carbocycles. The SMILES string of the molecule is CCC(C)N1CC2COCCN2[C@@H](C)C1.[HH]. The lowest BCUT2D eigenvalue weighted by Crippen LogP contribution is -2.63. The number of morpholine rings is 1. The van der Waals surface area contributed by atoms with Gasteiger partial charge in [0, 0.05) is 39.2 Å². The smallest absolute Gasteiger partial charge is 0.0635 e. The molecule has 3 nitrogen and oxygen atoms in total. The predicted molar refractivity (Wildman–Crippen MR) is 64.2 cm³/mol. The predicted octanol–water partition coefficient (Wildman–Crippen LogP) is 1.44. The summed E-state index contributed by atoms with van der Waals surface area (Å²) in [6, 6.07) is 2.05. The first-order chi connectivity index (χ1) is 7.22. The van der Waals surface area contributed by atoms with E-state index in [0.29, 0.717) is 12.1 Å². The van der Waals surface area contributed by atoms with Crippen molar-refractivity contribution in [3.63, 3.8) is 0 Å². The van der Waals surface area contributed by atoms with Gasteiger partial charge in [-0.15, -0.1) is 0 Å². The summed E-state index contributed by atoms with van der Waals surface area (Å²) in [6.07, 6.45) is 1.25. The van der Waals surface area contributed by atoms with Crippen molar-refractivity contribution in [3.8, 4) is 0 Å². The van der Waals surface area contributed by atoms with E-state index in [-0.39, 0.29) is 1.43 Å². The molecule has 2 rings (SSSR count). The molecule has 0 amide bonds. The third-order valence-electron chi connectivity index (χ3n) is 4.00. The van der Waals surface area contributed by atoms with Gasteiger partial charge in [-0.3, -0.25) is 9.80 Å². The highest BCUT2D eigenvalue weighted by Crippen LogP contribution is 2.21. The number of hydrogen-bond donors (Lipinski definition) is 0. The van der Waals surface area contributed by atoms with Crippen molar-refractivity contribution < 1.29 is 6.16 Å². The molecule has 0 N–H and O–H groups in total. The Morgan fingerprint density at radius 2 is 2.27 bits per heavy atom. The van der Waals surface area contributed by atoms with Crippen LogP contribution >= 0.6 is 0 Å². The van der Waals surface area contributed by atoms with Gasteiger partial charge in [0.1, 0.15) is 0 Å². The van der Waals surface area contributed by atoms with Gasteiger partial charge in [-0.1, -0.05) is 6.92 Å². The summed E-state index contributed by atoms with van der Waals surface area (Å²) < 4.78 is 5.58. The van der Waals surface area contributed by atoms with Crippen LogP contribution in [0.2, 0.25) is 0 Å². The maximum atomic E-state index is 5.58. The van der Waals surface area contributed by atoms with Crippen LogP contribution in [0.1, 0.15) is 28.6 Å². The second-order valence-electron chi connectivity index (χ2n) is 5.03. The maximum absolute atomic E-state index is 5.58. The second-order valence-corrected chi connectivity index (χ2v) is 5.03. The minimum atomic E-state index is 0. The molecule has 0 spiro atoms. The standard InChI is InChI=1S/C12H24N2O.H2/c1-4-10(2)13-7-11(3)14-5-6-15-9-12(14)8-13;/h10-12H,4-9H2,1-3H3;1H/t10?,11-,12?;/m0./s1. The van der Waals surface area contributed by atoms with Gasteiger partial charge in [0.05, 0.1) is 13.2 Å². The van der Waals surface area contributed by atoms with Crippen LogP contribution < -0.4 is 0 Å². The first-order valence-corrected chi connectivity index (χ1v) is 6.30. The van der Waals surface area contributed by atoms with Crippen molar-refractivity contribution in [2.45, 2.75) is 45.3 Å². The van der Waals surface area contributed by atoms with E-state index in [1.807, 2.05) is 0 Å². The van der Waals surface area contributed by atoms with E-state index in [0.717, 1.165) is 25.8 Å². The molecule has 90 valence electrons. The van der Waals surface area contributed by atoms with Crippen LogP contribution in [0.3, 0.4) is 0 Å². The first-order valence-electron chi connectivity index (χ1n) is 6.30. The van der Waals surface area contributed by atoms with Crippen molar-refractivity contribution in [2.75, 3.05) is 32.8 Å². The molecule has 3 heteroatoms. The Balaban J connectivity index is 0.00000128. The molecular formula is C12H26N2O. The quantitative estimate of drug-likeness (QED) is 0.692. The van der Waals surface area contributed by atoms with Gasteiger partial charge >= 0.3 is 0 Å². The maximum Gasteiger partial charge on any atom is 0.0635 e. The molecule has 0 aromatic rings. The van der Waals surface area contributed by atoms with Crippen molar-refractivity contribution in [2.24, 2.45) is 0 Å². The molecule has 0 aromatic carbocycles. The highest BCUT2D eigenvalue weighted by Gasteiger charge is 2.35. The zero-order valence-corrected chi connectivity index (χ0v) is 10.3. The van der Waals surface area contributed by atoms with Crippen LogP contribution in [0.4, 0.5) is 0 Å². The van der Waals surface area contributed by atoms with Crippen LogP contribution in [0, 0.1) is 0 Å². The van der Waals surface area contributed by atoms with Crippen LogP contribution in [-0.2, 0) is 4.74 Å². The topological polar surface area (TPSA) is 15.7 Å². The Hall–Kier alpha value is -0.120. The summed E-state index contributed by atoms with van der Waals surface area (Å²) in [4.78, 5) is 5.25. The van der Waals surface area contributed by atoms with E-state index in [4.69, 9.17) is 4.74 Å². The van der Waals surface area contributed by atoms with Crippen LogP contribution in [-0.4, -0.2) is 60.8 Å². The molecule has 2 unspecified atom stereocenters. The molecule has 15 heavy (non-hydrogen) atoms. The fourth-order valence-corrected chi connectivity index (χ4v) is 2.81. The van der Waals surface area contributed by atoms with Gasteiger partial charge < -0.3 is 4.74 Å². The Labute approximate surface area is 94.9 Å². The fourth-order valence-electron chi connectivity index (χ4n) is 2.81. The average Bonchev–Trinajstić information content (AvgIpc) is 2.28. The van der Waals surface area contributed by atoms with Crippen molar-refractivity contribution >= 4 is 0 Å². The Morgan fingerprint density at radius 1 is 1.47 bits per heavy atom. The van der Waals surface area contributed by atoms with E-state index in [2.05, 4.69) is 30.6 Å². The van der Waals surface area contributed by atoms with Crippen LogP contribution in [0.15, 0.2) is 0 Å². The number of rotatable bonds is 2. The number of piperazine rings is 1. The van der Waals surface area contributed by atoms with Crippen LogP contribution in [0.25, 0.3) is 0 Å². The summed E-state index contributed by atoms with van der Waals surface area (Å²) in [5.41, 5.74) is 0. The average molecular weight is 214 g/mol. The third-order valence-corrected chi connectivity index (χ3v) is 4.00. The van der Waals surface area contributed by atoms with Crippen LogP contribution in [0.5, 0.6) is 0 Å². The minimum absolute atomic E-state index is 0. The lowest BCUT2D eigenvalue weighted by Gasteiger charge is -2.49. The molecule has 2 heterocycles. The molecule has 0 saturated carbocycles. The van der Waals surface area contributed by atoms with Gasteiger partial charge in [-0.2, -0.15) is 0 Å². The second kappa shape index (κ2) is 4.81. The largest absolute Gasteiger partial charge is 0.378 e. The summed E-state index contributed by atoms with van der Waals surface area (Å²) >= 11 is 0. The van der Waals surface area contributed by atoms with Crippen molar-refractivity contribution in [1.82, 2.24) is 9.80 Å². The van der Waals surface area contributed by atoms with E-state index < -0.39 is 0 Å². The lowest BCUT2D eigenvalue weighted by molar-refractivity contribution is -0.0753. The minimum Gasteiger partial charge on any atom is -0.378 e. The molecule has 0 aromatic heterocycles. The molecule has 3 atom stereocenters. The number of nitrogens with zero attached hydrogens (tertiary/aromatic N) is 2. The first kappa shape index (κ1) is 11.4. The summed E-state index contributed by atoms with van der Waals surface area (Å²) in [6.45, 7) is 12.4. The molecular weight excluding hydrogens is 188 g/mol. The van der Waals surface area contributed by atoms with Gasteiger partial charge in [-0.05, 0) is 20.3 Å². The number of fused-ring (bicyclic) bond motifs is 1. The molecule has 2 saturated heterocycles. The van der Waals surface area contributed by atoms with Gasteiger partial charge in [0.25, 0.3) is 0 Å². The fraction of sp³-hybridized carbons (Fsp3) is 1.00. The van der Waals surface area contributed by atoms with Gasteiger partial charge in [-0.25, -0.2) is 0 Å². The van der Waals surface area contributed by atoms with E-state index >= 15 is 0 Å². The summed E-state index contributed by atoms with van der Waals surface area (Å²) in [7, 11) is 0. The third kappa shape index (κ3) is 2.35. The molecule has 0 radical (unpaired) electrons. The van der Waals surface area contributed by atoms with Crippen molar-refractivity contribution in [1.29, 1.82) is 0 Å². The number of ether oxygens (including phenoxy) is 1. The Bertz CT molecular complexity index is 215. The van der Waals surface area contributed by atoms with Gasteiger partial charge in [0.2, 0.25) is 0 Å². The Morgan fingerprint density at radius 3 is 3.00 bits per heavy atom. The highest BCUT2D eigenvalue weighted by atomic mass is 16.5. The number of hydrogen-bond acceptors (Lipinski definition) is 3. The molecule has 2 fully saturated rings. The lowest BCUT2D eigenvalue weighted by atomic mass is 10.0. The monoisotopic (exact) mass is 214 g/mol. The highest BCUT2D eigenvalue weighted by molar-refractivity contribution is 4.90. The van der Waals surface area contributed by atoms with E-state index in [1.165, 1.54) is 19.5 Å². The van der Waals surface area contributed by atoms with Crippen molar-refractivity contribution in [3.05, 3.63) is 0 Å². The van der Waals surface area contributed by atoms with Gasteiger partial charge in [0.15, 0.2) is 0 Å². The normalized spacial score (nSPS) is 36.2. The summed E-state index contributed by atoms with van der Waals surface area (Å²) in [5, 5.41) is 0. The molecule has 2 aliphatic heterocycles. The zero-order valence-electron chi connectivity index (χ0n) is 10.3. The molecule has 2 aliphatic rings. The summed E-state index contributed by atoms with van der Waals surface area (Å²) in [5.74, 6) is 0. The molecule has 0 bridgehead atoms. The van der Waals surface area contributed by atoms with E-state index in [9.17, 15) is 0 Å². The zero-order chi connectivity index (χ0) is 10.8. The Kier molecular flexibility index (Phi) is 3.65. The van der Waals surface area contributed by atoms with E-state index in [1.54, 1.807) is 0 Å².